The molecule has 0 aromatic heterocycles. The molecule has 154 valence electrons. The molecule has 0 amide bonds. The third-order valence-electron chi connectivity index (χ3n) is 3.37. The van der Waals surface area contributed by atoms with Crippen molar-refractivity contribution in [2.75, 3.05) is 19.8 Å². The van der Waals surface area contributed by atoms with Crippen LogP contribution in [0.1, 0.15) is 33.1 Å². The van der Waals surface area contributed by atoms with Crippen molar-refractivity contribution in [3.63, 3.8) is 0 Å². The Morgan fingerprint density at radius 1 is 1.04 bits per heavy atom. The van der Waals surface area contributed by atoms with Gasteiger partial charge in [0, 0.05) is 12.0 Å². The fraction of sp³-hybridized carbons (Fsp3) is 0.600. The summed E-state index contributed by atoms with van der Waals surface area (Å²) in [5.74, 6) is -4.73. The molecule has 0 fully saturated rings. The van der Waals surface area contributed by atoms with E-state index in [9.17, 15) is 38.6 Å². The van der Waals surface area contributed by atoms with Crippen LogP contribution in [0.4, 0.5) is 0 Å². The predicted molar refractivity (Wildman–Crippen MR) is 89.6 cm³/mol. The van der Waals surface area contributed by atoms with Crippen molar-refractivity contribution in [2.45, 2.75) is 38.3 Å². The molecule has 0 rings (SSSR count). The lowest BCUT2D eigenvalue weighted by molar-refractivity contribution is -0.153. The van der Waals surface area contributed by atoms with Gasteiger partial charge in [-0.2, -0.15) is 0 Å². The summed E-state index contributed by atoms with van der Waals surface area (Å²) in [6, 6.07) is 0. The van der Waals surface area contributed by atoms with E-state index in [1.165, 1.54) is 13.8 Å². The lowest BCUT2D eigenvalue weighted by Crippen LogP contribution is -2.41. The molecule has 0 aliphatic rings. The highest BCUT2D eigenvalue weighted by molar-refractivity contribution is 7.54. The van der Waals surface area contributed by atoms with Crippen molar-refractivity contribution >= 4 is 31.5 Å². The summed E-state index contributed by atoms with van der Waals surface area (Å²) >= 11 is 0. The average Bonchev–Trinajstić information content (AvgIpc) is 2.53. The summed E-state index contributed by atoms with van der Waals surface area (Å²) in [6.07, 6.45) is -2.65. The molecular weight excluding hydrogens is 387 g/mol. The van der Waals surface area contributed by atoms with Gasteiger partial charge in [-0.3, -0.25) is 18.9 Å². The lowest BCUT2D eigenvalue weighted by atomic mass is 9.98. The van der Waals surface area contributed by atoms with Crippen LogP contribution in [0, 0.1) is 0 Å². The van der Waals surface area contributed by atoms with Gasteiger partial charge < -0.3 is 29.1 Å². The van der Waals surface area contributed by atoms with Gasteiger partial charge in [0.1, 0.15) is 13.2 Å². The summed E-state index contributed by atoms with van der Waals surface area (Å²) in [6.45, 7) is 5.49. The molecule has 0 saturated heterocycles. The molecule has 27 heavy (non-hydrogen) atoms. The van der Waals surface area contributed by atoms with E-state index < -0.39 is 55.9 Å². The number of carbonyl (C=O) groups is 4. The first-order chi connectivity index (χ1) is 12.4. The number of carboxylic acids is 1. The first-order valence-electron chi connectivity index (χ1n) is 7.80. The molecule has 3 N–H and O–H groups in total. The molecule has 12 heteroatoms. The molecule has 1 atom stereocenters. The van der Waals surface area contributed by atoms with Crippen molar-refractivity contribution in [3.05, 3.63) is 12.2 Å². The smallest absolute Gasteiger partial charge is 0.343 e. The summed E-state index contributed by atoms with van der Waals surface area (Å²) in [5, 5.41) is 6.48. The van der Waals surface area contributed by atoms with Crippen molar-refractivity contribution in [2.24, 2.45) is 0 Å². The van der Waals surface area contributed by atoms with Crippen molar-refractivity contribution in [1.82, 2.24) is 0 Å². The largest absolute Gasteiger partial charge is 0.480 e. The Morgan fingerprint density at radius 3 is 2.04 bits per heavy atom. The van der Waals surface area contributed by atoms with E-state index in [0.717, 1.165) is 0 Å². The molecule has 0 aromatic carbocycles. The number of ether oxygens (including phenoxy) is 3. The van der Waals surface area contributed by atoms with Gasteiger partial charge in [0.15, 0.2) is 5.16 Å². The van der Waals surface area contributed by atoms with E-state index in [-0.39, 0.29) is 25.4 Å². The van der Waals surface area contributed by atoms with Crippen LogP contribution >= 0.6 is 7.60 Å². The zero-order valence-corrected chi connectivity index (χ0v) is 15.9. The van der Waals surface area contributed by atoms with E-state index in [1.54, 1.807) is 0 Å². The summed E-state index contributed by atoms with van der Waals surface area (Å²) in [4.78, 5) is 64.8. The van der Waals surface area contributed by atoms with Crippen LogP contribution in [0.2, 0.25) is 0 Å². The van der Waals surface area contributed by atoms with Gasteiger partial charge in [-0.25, -0.2) is 4.79 Å². The monoisotopic (exact) mass is 410 g/mol. The first kappa shape index (κ1) is 24.8. The van der Waals surface area contributed by atoms with Crippen LogP contribution in [-0.4, -0.2) is 63.7 Å². The zero-order valence-electron chi connectivity index (χ0n) is 15.0. The molecule has 0 aliphatic heterocycles. The Labute approximate surface area is 155 Å². The van der Waals surface area contributed by atoms with Gasteiger partial charge in [-0.1, -0.05) is 6.58 Å². The van der Waals surface area contributed by atoms with E-state index >= 15 is 0 Å². The SMILES string of the molecule is C=C(C)C(=O)OCCOC(=O)CCC(CC(=O)OCC)(C(=O)O)P(=O)(O)O. The highest BCUT2D eigenvalue weighted by Crippen LogP contribution is 2.55. The predicted octanol–water partition coefficient (Wildman–Crippen LogP) is 0.383. The van der Waals surface area contributed by atoms with E-state index in [1.807, 2.05) is 0 Å². The Hall–Kier alpha value is -2.23. The number of carboxylic acid groups (broad SMARTS) is 1. The lowest BCUT2D eigenvalue weighted by Gasteiger charge is -2.28. The van der Waals surface area contributed by atoms with Gasteiger partial charge in [0.25, 0.3) is 0 Å². The molecule has 0 aromatic rings. The topological polar surface area (TPSA) is 174 Å². The van der Waals surface area contributed by atoms with Gasteiger partial charge >= 0.3 is 31.5 Å². The number of hydrogen-bond acceptors (Lipinski definition) is 8. The summed E-state index contributed by atoms with van der Waals surface area (Å²) in [5.41, 5.74) is 0.146. The maximum Gasteiger partial charge on any atom is 0.343 e. The molecule has 0 bridgehead atoms. The maximum absolute atomic E-state index is 11.7. The summed E-state index contributed by atoms with van der Waals surface area (Å²) < 4.78 is 25.7. The molecule has 1 unspecified atom stereocenters. The minimum Gasteiger partial charge on any atom is -0.480 e. The van der Waals surface area contributed by atoms with Crippen LogP contribution in [0.5, 0.6) is 0 Å². The number of rotatable bonds is 12. The van der Waals surface area contributed by atoms with Crippen molar-refractivity contribution in [3.8, 4) is 0 Å². The van der Waals surface area contributed by atoms with Gasteiger partial charge in [-0.05, 0) is 20.3 Å². The Bertz CT molecular complexity index is 636. The normalized spacial score (nSPS) is 13.2. The van der Waals surface area contributed by atoms with Crippen LogP contribution in [0.15, 0.2) is 12.2 Å². The number of esters is 3. The Balaban J connectivity index is 4.90. The highest BCUT2D eigenvalue weighted by atomic mass is 31.2. The Morgan fingerprint density at radius 2 is 1.59 bits per heavy atom. The number of carbonyl (C=O) groups excluding carboxylic acids is 3. The quantitative estimate of drug-likeness (QED) is 0.133. The first-order valence-corrected chi connectivity index (χ1v) is 9.41. The Kier molecular flexibility index (Phi) is 9.91. The molecule has 0 heterocycles. The minimum atomic E-state index is -5.34. The van der Waals surface area contributed by atoms with Crippen LogP contribution in [0.25, 0.3) is 0 Å². The van der Waals surface area contributed by atoms with Crippen LogP contribution in [-0.2, 0) is 38.0 Å². The molecule has 11 nitrogen and oxygen atoms in total. The second-order valence-electron chi connectivity index (χ2n) is 5.50. The maximum atomic E-state index is 11.7. The van der Waals surface area contributed by atoms with Crippen molar-refractivity contribution < 1.29 is 52.8 Å². The highest BCUT2D eigenvalue weighted by Gasteiger charge is 2.55. The van der Waals surface area contributed by atoms with Crippen LogP contribution < -0.4 is 0 Å². The second-order valence-corrected chi connectivity index (χ2v) is 7.44. The molecule has 0 saturated carbocycles. The zero-order chi connectivity index (χ0) is 21.3. The molecule has 0 radical (unpaired) electrons. The third kappa shape index (κ3) is 7.90. The van der Waals surface area contributed by atoms with E-state index in [4.69, 9.17) is 4.74 Å². The number of hydrogen-bond donors (Lipinski definition) is 3. The average molecular weight is 410 g/mol. The van der Waals surface area contributed by atoms with Gasteiger partial charge in [0.05, 0.1) is 13.0 Å². The van der Waals surface area contributed by atoms with Crippen LogP contribution in [0.3, 0.4) is 0 Å². The van der Waals surface area contributed by atoms with E-state index in [0.29, 0.717) is 0 Å². The van der Waals surface area contributed by atoms with Gasteiger partial charge in [0.2, 0.25) is 0 Å². The molecule has 0 spiro atoms. The fourth-order valence-corrected chi connectivity index (χ4v) is 2.88. The minimum absolute atomic E-state index is 0.110. The molecular formula is C15H23O11P. The third-order valence-corrected chi connectivity index (χ3v) is 5.06. The fourth-order valence-electron chi connectivity index (χ4n) is 1.89. The molecule has 0 aliphatic carbocycles. The summed E-state index contributed by atoms with van der Waals surface area (Å²) in [7, 11) is -5.34. The van der Waals surface area contributed by atoms with E-state index in [2.05, 4.69) is 16.1 Å². The standard InChI is InChI=1S/C15H23O11P/c1-4-24-12(17)9-15(14(19)20,27(21,22)23)6-5-11(16)25-7-8-26-13(18)10(2)3/h2,4-9H2,1,3H3,(H,19,20)(H2,21,22,23). The number of aliphatic carboxylic acids is 1. The van der Waals surface area contributed by atoms with Crippen molar-refractivity contribution in [1.29, 1.82) is 0 Å². The van der Waals surface area contributed by atoms with Gasteiger partial charge in [-0.15, -0.1) is 0 Å². The second kappa shape index (κ2) is 10.8.